The molecule has 0 aliphatic carbocycles. The summed E-state index contributed by atoms with van der Waals surface area (Å²) < 4.78 is 34.6. The highest BCUT2D eigenvalue weighted by molar-refractivity contribution is 7.92. The number of carbonyl (C=O) groups is 1. The topological polar surface area (TPSA) is 97.4 Å². The highest BCUT2D eigenvalue weighted by Gasteiger charge is 2.24. The SMILES string of the molecule is CCNC(=O)c1cccc(NS(=O)(=O)c2cc(C)c(Cl)cc2Cl)c1Oc1cncc(Cl)c1. The first-order chi connectivity index (χ1) is 15.1. The van der Waals surface area contributed by atoms with Gasteiger partial charge in [-0.05, 0) is 43.7 Å². The fourth-order valence-electron chi connectivity index (χ4n) is 2.76. The number of aromatic nitrogens is 1. The van der Waals surface area contributed by atoms with Crippen LogP contribution in [0.15, 0.2) is 53.7 Å². The first-order valence-electron chi connectivity index (χ1n) is 9.30. The van der Waals surface area contributed by atoms with E-state index in [1.807, 2.05) is 0 Å². The van der Waals surface area contributed by atoms with Crippen LogP contribution in [0.2, 0.25) is 15.1 Å². The number of hydrogen-bond donors (Lipinski definition) is 2. The molecule has 0 saturated carbocycles. The van der Waals surface area contributed by atoms with Gasteiger partial charge >= 0.3 is 0 Å². The molecule has 0 atom stereocenters. The van der Waals surface area contributed by atoms with Crippen molar-refractivity contribution in [1.29, 1.82) is 0 Å². The third-order valence-corrected chi connectivity index (χ3v) is 6.69. The van der Waals surface area contributed by atoms with Crippen molar-refractivity contribution < 1.29 is 17.9 Å². The van der Waals surface area contributed by atoms with Crippen molar-refractivity contribution in [2.75, 3.05) is 11.3 Å². The van der Waals surface area contributed by atoms with E-state index in [9.17, 15) is 13.2 Å². The first-order valence-corrected chi connectivity index (χ1v) is 11.9. The van der Waals surface area contributed by atoms with Gasteiger partial charge in [0, 0.05) is 23.8 Å². The summed E-state index contributed by atoms with van der Waals surface area (Å²) in [7, 11) is -4.15. The summed E-state index contributed by atoms with van der Waals surface area (Å²) >= 11 is 18.1. The van der Waals surface area contributed by atoms with Gasteiger partial charge in [-0.2, -0.15) is 0 Å². The standard InChI is InChI=1S/C21H18Cl3N3O4S/c1-3-26-21(28)15-5-4-6-18(20(15)31-14-8-13(22)10-25-11-14)27-32(29,30)19-7-12(2)16(23)9-17(19)24/h4-11,27H,3H2,1-2H3,(H,26,28). The van der Waals surface area contributed by atoms with E-state index in [-0.39, 0.29) is 32.7 Å². The molecule has 32 heavy (non-hydrogen) atoms. The molecular formula is C21H18Cl3N3O4S. The van der Waals surface area contributed by atoms with E-state index in [4.69, 9.17) is 39.5 Å². The normalized spacial score (nSPS) is 11.2. The second-order valence-electron chi connectivity index (χ2n) is 6.62. The molecule has 2 N–H and O–H groups in total. The molecule has 11 heteroatoms. The number of amides is 1. The van der Waals surface area contributed by atoms with E-state index in [1.54, 1.807) is 13.8 Å². The van der Waals surface area contributed by atoms with Crippen LogP contribution in [0.5, 0.6) is 11.5 Å². The molecule has 7 nitrogen and oxygen atoms in total. The Hall–Kier alpha value is -2.52. The number of aryl methyl sites for hydroxylation is 1. The Morgan fingerprint density at radius 2 is 1.84 bits per heavy atom. The van der Waals surface area contributed by atoms with Crippen molar-refractivity contribution in [2.24, 2.45) is 0 Å². The fourth-order valence-corrected chi connectivity index (χ4v) is 4.82. The smallest absolute Gasteiger partial charge is 0.263 e. The summed E-state index contributed by atoms with van der Waals surface area (Å²) in [6, 6.07) is 8.70. The minimum absolute atomic E-state index is 0.0205. The number of ether oxygens (including phenoxy) is 1. The van der Waals surface area contributed by atoms with Crippen molar-refractivity contribution in [2.45, 2.75) is 18.7 Å². The molecule has 0 aliphatic rings. The van der Waals surface area contributed by atoms with Crippen molar-refractivity contribution in [3.05, 3.63) is 75.0 Å². The van der Waals surface area contributed by atoms with Gasteiger partial charge in [-0.3, -0.25) is 14.5 Å². The number of para-hydroxylation sites is 1. The Bertz CT molecular complexity index is 1280. The van der Waals surface area contributed by atoms with Crippen LogP contribution in [-0.2, 0) is 10.0 Å². The third kappa shape index (κ3) is 5.45. The fraction of sp³-hybridized carbons (Fsp3) is 0.143. The summed E-state index contributed by atoms with van der Waals surface area (Å²) in [6.07, 6.45) is 2.80. The lowest BCUT2D eigenvalue weighted by molar-refractivity contribution is 0.0953. The summed E-state index contributed by atoms with van der Waals surface area (Å²) in [6.45, 7) is 3.79. The maximum atomic E-state index is 13.1. The summed E-state index contributed by atoms with van der Waals surface area (Å²) in [5, 5.41) is 3.27. The highest BCUT2D eigenvalue weighted by atomic mass is 35.5. The molecule has 2 aromatic carbocycles. The molecule has 0 unspecified atom stereocenters. The number of carbonyl (C=O) groups excluding carboxylic acids is 1. The van der Waals surface area contributed by atoms with Crippen molar-refractivity contribution in [3.8, 4) is 11.5 Å². The number of rotatable bonds is 7. The molecule has 3 rings (SSSR count). The third-order valence-electron chi connectivity index (χ3n) is 4.24. The zero-order chi connectivity index (χ0) is 23.5. The molecule has 1 amide bonds. The summed E-state index contributed by atoms with van der Waals surface area (Å²) in [5.41, 5.74) is 0.678. The average molecular weight is 515 g/mol. The molecule has 0 saturated heterocycles. The van der Waals surface area contributed by atoms with Crippen LogP contribution in [0.25, 0.3) is 0 Å². The van der Waals surface area contributed by atoms with E-state index in [2.05, 4.69) is 15.0 Å². The van der Waals surface area contributed by atoms with Crippen LogP contribution in [-0.4, -0.2) is 25.9 Å². The molecule has 168 valence electrons. The number of hydrogen-bond acceptors (Lipinski definition) is 5. The second-order valence-corrected chi connectivity index (χ2v) is 9.52. The molecule has 0 fully saturated rings. The molecule has 1 aromatic heterocycles. The van der Waals surface area contributed by atoms with Gasteiger partial charge in [0.2, 0.25) is 0 Å². The zero-order valence-electron chi connectivity index (χ0n) is 16.9. The van der Waals surface area contributed by atoms with Crippen LogP contribution < -0.4 is 14.8 Å². The lowest BCUT2D eigenvalue weighted by Gasteiger charge is -2.17. The molecule has 0 bridgehead atoms. The van der Waals surface area contributed by atoms with E-state index in [0.29, 0.717) is 22.2 Å². The zero-order valence-corrected chi connectivity index (χ0v) is 20.0. The lowest BCUT2D eigenvalue weighted by atomic mass is 10.1. The molecule has 0 radical (unpaired) electrons. The van der Waals surface area contributed by atoms with Crippen LogP contribution in [0.3, 0.4) is 0 Å². The van der Waals surface area contributed by atoms with Crippen LogP contribution in [0.4, 0.5) is 5.69 Å². The van der Waals surface area contributed by atoms with E-state index in [0.717, 1.165) is 0 Å². The van der Waals surface area contributed by atoms with Crippen molar-refractivity contribution in [3.63, 3.8) is 0 Å². The van der Waals surface area contributed by atoms with Crippen molar-refractivity contribution in [1.82, 2.24) is 10.3 Å². The number of halogens is 3. The molecular weight excluding hydrogens is 497 g/mol. The predicted molar refractivity (Wildman–Crippen MR) is 126 cm³/mol. The number of nitrogens with one attached hydrogen (secondary N) is 2. The van der Waals surface area contributed by atoms with Crippen LogP contribution in [0.1, 0.15) is 22.8 Å². The Kier molecular flexibility index (Phi) is 7.51. The number of pyridine rings is 1. The number of anilines is 1. The monoisotopic (exact) mass is 513 g/mol. The Morgan fingerprint density at radius 3 is 2.53 bits per heavy atom. The largest absolute Gasteiger partial charge is 0.453 e. The van der Waals surface area contributed by atoms with Gasteiger partial charge in [-0.25, -0.2) is 8.42 Å². The summed E-state index contributed by atoms with van der Waals surface area (Å²) in [4.78, 5) is 16.4. The maximum absolute atomic E-state index is 13.1. The van der Waals surface area contributed by atoms with E-state index in [1.165, 1.54) is 48.8 Å². The highest BCUT2D eigenvalue weighted by Crippen LogP contribution is 2.36. The van der Waals surface area contributed by atoms with Crippen LogP contribution >= 0.6 is 34.8 Å². The lowest BCUT2D eigenvalue weighted by Crippen LogP contribution is -2.23. The molecule has 1 heterocycles. The Balaban J connectivity index is 2.10. The molecule has 3 aromatic rings. The van der Waals surface area contributed by atoms with E-state index >= 15 is 0 Å². The first kappa shape index (κ1) is 24.1. The van der Waals surface area contributed by atoms with Gasteiger partial charge in [-0.15, -0.1) is 0 Å². The molecule has 0 aliphatic heterocycles. The minimum Gasteiger partial charge on any atom is -0.453 e. The van der Waals surface area contributed by atoms with Gasteiger partial charge in [-0.1, -0.05) is 40.9 Å². The van der Waals surface area contributed by atoms with Gasteiger partial charge in [0.25, 0.3) is 15.9 Å². The second kappa shape index (κ2) is 9.95. The van der Waals surface area contributed by atoms with Crippen LogP contribution in [0, 0.1) is 6.92 Å². The van der Waals surface area contributed by atoms with Gasteiger partial charge in [0.05, 0.1) is 27.5 Å². The van der Waals surface area contributed by atoms with Gasteiger partial charge in [0.15, 0.2) is 5.75 Å². The van der Waals surface area contributed by atoms with Gasteiger partial charge < -0.3 is 10.1 Å². The maximum Gasteiger partial charge on any atom is 0.263 e. The number of nitrogens with zero attached hydrogens (tertiary/aromatic N) is 1. The van der Waals surface area contributed by atoms with Gasteiger partial charge in [0.1, 0.15) is 10.6 Å². The minimum atomic E-state index is -4.15. The number of benzene rings is 2. The Morgan fingerprint density at radius 1 is 1.09 bits per heavy atom. The van der Waals surface area contributed by atoms with Crippen molar-refractivity contribution >= 4 is 56.4 Å². The number of sulfonamides is 1. The predicted octanol–water partition coefficient (Wildman–Crippen LogP) is 5.69. The Labute approximate surface area is 200 Å². The summed E-state index contributed by atoms with van der Waals surface area (Å²) in [5.74, 6) is -0.248. The quantitative estimate of drug-likeness (QED) is 0.422. The molecule has 0 spiro atoms. The van der Waals surface area contributed by atoms with E-state index < -0.39 is 15.9 Å². The average Bonchev–Trinajstić information content (AvgIpc) is 2.72.